The lowest BCUT2D eigenvalue weighted by molar-refractivity contribution is 0.660. The lowest BCUT2D eigenvalue weighted by Gasteiger charge is -2.22. The normalized spacial score (nSPS) is 13.3. The molecule has 0 aliphatic heterocycles. The molecule has 49 heavy (non-hydrogen) atoms. The number of aromatic nitrogens is 3. The highest BCUT2D eigenvalue weighted by atomic mass is 14.9. The van der Waals surface area contributed by atoms with Crippen LogP contribution in [-0.4, -0.2) is 15.0 Å². The largest absolute Gasteiger partial charge is 0.264 e. The van der Waals surface area contributed by atoms with Gasteiger partial charge >= 0.3 is 0 Å². The zero-order valence-electron chi connectivity index (χ0n) is 27.3. The Morgan fingerprint density at radius 1 is 0.449 bits per heavy atom. The average Bonchev–Trinajstić information content (AvgIpc) is 3.39. The Morgan fingerprint density at radius 2 is 1.10 bits per heavy atom. The molecule has 10 rings (SSSR count). The second kappa shape index (κ2) is 10.4. The van der Waals surface area contributed by atoms with E-state index in [1.54, 1.807) is 0 Å². The molecule has 0 saturated heterocycles. The van der Waals surface area contributed by atoms with E-state index in [0.717, 1.165) is 39.2 Å². The van der Waals surface area contributed by atoms with E-state index in [9.17, 15) is 0 Å². The lowest BCUT2D eigenvalue weighted by atomic mass is 9.82. The number of benzene rings is 7. The zero-order chi connectivity index (χ0) is 32.7. The fourth-order valence-corrected chi connectivity index (χ4v) is 8.13. The topological polar surface area (TPSA) is 38.7 Å². The summed E-state index contributed by atoms with van der Waals surface area (Å²) in [6.07, 6.45) is 3.73. The van der Waals surface area contributed by atoms with Crippen LogP contribution in [0.1, 0.15) is 25.0 Å². The van der Waals surface area contributed by atoms with Crippen molar-refractivity contribution in [3.8, 4) is 56.2 Å². The summed E-state index contributed by atoms with van der Waals surface area (Å²) in [4.78, 5) is 15.2. The van der Waals surface area contributed by atoms with Crippen LogP contribution in [0.15, 0.2) is 152 Å². The van der Waals surface area contributed by atoms with Gasteiger partial charge in [-0.1, -0.05) is 135 Å². The summed E-state index contributed by atoms with van der Waals surface area (Å²) in [5, 5.41) is 7.52. The lowest BCUT2D eigenvalue weighted by Crippen LogP contribution is -2.15. The van der Waals surface area contributed by atoms with Gasteiger partial charge in [0.15, 0.2) is 5.82 Å². The van der Waals surface area contributed by atoms with Gasteiger partial charge < -0.3 is 0 Å². The van der Waals surface area contributed by atoms with Crippen molar-refractivity contribution in [2.75, 3.05) is 0 Å². The molecule has 0 radical (unpaired) electrons. The van der Waals surface area contributed by atoms with Gasteiger partial charge in [0.1, 0.15) is 0 Å². The van der Waals surface area contributed by atoms with Crippen molar-refractivity contribution in [3.05, 3.63) is 163 Å². The number of fused-ring (bicyclic) bond motifs is 3. The van der Waals surface area contributed by atoms with E-state index in [1.165, 1.54) is 54.6 Å². The third-order valence-corrected chi connectivity index (χ3v) is 10.5. The molecule has 0 spiro atoms. The minimum Gasteiger partial charge on any atom is -0.264 e. The molecule has 0 amide bonds. The molecule has 1 aliphatic carbocycles. The summed E-state index contributed by atoms with van der Waals surface area (Å²) in [5.41, 5.74) is 12.2. The molecule has 1 aliphatic rings. The first-order valence-corrected chi connectivity index (χ1v) is 16.9. The fraction of sp³-hybridized carbons (Fsp3) is 0.0652. The molecule has 0 atom stereocenters. The maximum Gasteiger partial charge on any atom is 0.160 e. The van der Waals surface area contributed by atoms with Crippen molar-refractivity contribution in [2.24, 2.45) is 0 Å². The Bertz CT molecular complexity index is 2730. The van der Waals surface area contributed by atoms with Crippen LogP contribution in [-0.2, 0) is 5.41 Å². The third-order valence-electron chi connectivity index (χ3n) is 10.5. The molecule has 230 valence electrons. The fourth-order valence-electron chi connectivity index (χ4n) is 8.13. The van der Waals surface area contributed by atoms with Gasteiger partial charge in [-0.05, 0) is 78.3 Å². The highest BCUT2D eigenvalue weighted by Crippen LogP contribution is 2.49. The first kappa shape index (κ1) is 27.9. The molecular weight excluding hydrogens is 595 g/mol. The van der Waals surface area contributed by atoms with Crippen LogP contribution < -0.4 is 0 Å². The van der Waals surface area contributed by atoms with E-state index >= 15 is 0 Å². The monoisotopic (exact) mass is 625 g/mol. The van der Waals surface area contributed by atoms with Crippen molar-refractivity contribution in [2.45, 2.75) is 19.3 Å². The van der Waals surface area contributed by atoms with E-state index in [-0.39, 0.29) is 5.41 Å². The van der Waals surface area contributed by atoms with Crippen molar-refractivity contribution in [1.82, 2.24) is 15.0 Å². The van der Waals surface area contributed by atoms with Gasteiger partial charge in [-0.3, -0.25) is 4.98 Å². The van der Waals surface area contributed by atoms with Gasteiger partial charge in [0.2, 0.25) is 0 Å². The Hall–Kier alpha value is -6.19. The predicted molar refractivity (Wildman–Crippen MR) is 203 cm³/mol. The van der Waals surface area contributed by atoms with Crippen LogP contribution in [0.2, 0.25) is 0 Å². The molecule has 0 bridgehead atoms. The minimum absolute atomic E-state index is 0.124. The SMILES string of the molecule is CC1(C)c2ccccc2-c2ccc(-c3nc(-c4ccccc4-c4cccnc4)cc(-c4ccc5ccc6cccc7ccc4c5c67)n3)cc21. The first-order valence-electron chi connectivity index (χ1n) is 16.9. The summed E-state index contributed by atoms with van der Waals surface area (Å²) < 4.78 is 0. The quantitative estimate of drug-likeness (QED) is 0.183. The molecule has 0 saturated carbocycles. The smallest absolute Gasteiger partial charge is 0.160 e. The van der Waals surface area contributed by atoms with E-state index in [1.807, 2.05) is 18.5 Å². The van der Waals surface area contributed by atoms with E-state index in [0.29, 0.717) is 5.82 Å². The molecule has 7 aromatic carbocycles. The molecule has 3 nitrogen and oxygen atoms in total. The number of hydrogen-bond donors (Lipinski definition) is 0. The maximum atomic E-state index is 5.38. The minimum atomic E-state index is -0.124. The van der Waals surface area contributed by atoms with E-state index in [2.05, 4.69) is 152 Å². The van der Waals surface area contributed by atoms with Crippen LogP contribution in [0.5, 0.6) is 0 Å². The highest BCUT2D eigenvalue weighted by molar-refractivity contribution is 6.25. The van der Waals surface area contributed by atoms with Gasteiger partial charge in [0, 0.05) is 40.1 Å². The van der Waals surface area contributed by atoms with Gasteiger partial charge in [-0.25, -0.2) is 9.97 Å². The van der Waals surface area contributed by atoms with E-state index < -0.39 is 0 Å². The summed E-state index contributed by atoms with van der Waals surface area (Å²) in [6, 6.07) is 50.3. The number of pyridine rings is 1. The van der Waals surface area contributed by atoms with Gasteiger partial charge in [0.25, 0.3) is 0 Å². The number of rotatable bonds is 4. The first-order chi connectivity index (χ1) is 24.0. The van der Waals surface area contributed by atoms with Crippen LogP contribution in [0.4, 0.5) is 0 Å². The van der Waals surface area contributed by atoms with Crippen LogP contribution in [0, 0.1) is 0 Å². The van der Waals surface area contributed by atoms with Gasteiger partial charge in [0.05, 0.1) is 11.4 Å². The van der Waals surface area contributed by atoms with Gasteiger partial charge in [-0.2, -0.15) is 0 Å². The van der Waals surface area contributed by atoms with E-state index in [4.69, 9.17) is 9.97 Å². The molecule has 0 N–H and O–H groups in total. The Kier molecular flexibility index (Phi) is 5.92. The maximum absolute atomic E-state index is 5.38. The van der Waals surface area contributed by atoms with Crippen molar-refractivity contribution < 1.29 is 0 Å². The summed E-state index contributed by atoms with van der Waals surface area (Å²) in [6.45, 7) is 4.64. The third kappa shape index (κ3) is 4.19. The predicted octanol–water partition coefficient (Wildman–Crippen LogP) is 11.7. The molecular formula is C46H31N3. The van der Waals surface area contributed by atoms with Crippen molar-refractivity contribution >= 4 is 32.3 Å². The Balaban J connectivity index is 1.24. The molecule has 2 heterocycles. The molecule has 0 unspecified atom stereocenters. The summed E-state index contributed by atoms with van der Waals surface area (Å²) >= 11 is 0. The van der Waals surface area contributed by atoms with Crippen LogP contribution in [0.25, 0.3) is 88.5 Å². The number of nitrogens with zero attached hydrogens (tertiary/aromatic N) is 3. The van der Waals surface area contributed by atoms with Crippen molar-refractivity contribution in [1.29, 1.82) is 0 Å². The molecule has 9 aromatic rings. The van der Waals surface area contributed by atoms with Crippen LogP contribution >= 0.6 is 0 Å². The average molecular weight is 626 g/mol. The molecule has 0 fully saturated rings. The summed E-state index contributed by atoms with van der Waals surface area (Å²) in [5.74, 6) is 0.716. The molecule has 2 aromatic heterocycles. The van der Waals surface area contributed by atoms with Crippen LogP contribution in [0.3, 0.4) is 0 Å². The Labute approximate surface area is 284 Å². The Morgan fingerprint density at radius 3 is 1.90 bits per heavy atom. The second-order valence-corrected chi connectivity index (χ2v) is 13.6. The number of hydrogen-bond acceptors (Lipinski definition) is 3. The second-order valence-electron chi connectivity index (χ2n) is 13.6. The van der Waals surface area contributed by atoms with Gasteiger partial charge in [-0.15, -0.1) is 0 Å². The zero-order valence-corrected chi connectivity index (χ0v) is 27.3. The summed E-state index contributed by atoms with van der Waals surface area (Å²) in [7, 11) is 0. The molecule has 3 heteroatoms. The van der Waals surface area contributed by atoms with Crippen molar-refractivity contribution in [3.63, 3.8) is 0 Å². The standard InChI is InChI=1S/C46H31N3/c1-46(2)39-15-6-5-13-34(39)35-21-20-31(25-40(35)46)45-48-41(36-14-4-3-12-33(36)32-11-8-24-47-27-32)26-42(49-45)37-22-18-30-17-16-28-9-7-10-29-19-23-38(37)44(30)43(28)29/h3-27H,1-2H3. The highest BCUT2D eigenvalue weighted by Gasteiger charge is 2.35.